The molecule has 0 bridgehead atoms. The van der Waals surface area contributed by atoms with Gasteiger partial charge in [0.2, 0.25) is 0 Å². The van der Waals surface area contributed by atoms with Gasteiger partial charge in [0, 0.05) is 23.5 Å². The maximum Gasteiger partial charge on any atom is 0.155 e. The van der Waals surface area contributed by atoms with Crippen LogP contribution in [0.2, 0.25) is 0 Å². The van der Waals surface area contributed by atoms with Gasteiger partial charge in [-0.1, -0.05) is 38.0 Å². The van der Waals surface area contributed by atoms with E-state index in [1.165, 1.54) is 23.8 Å². The summed E-state index contributed by atoms with van der Waals surface area (Å²) in [5, 5.41) is 12.9. The Morgan fingerprint density at radius 2 is 2.05 bits per heavy atom. The Kier molecular flexibility index (Phi) is 5.01. The van der Waals surface area contributed by atoms with Gasteiger partial charge < -0.3 is 10.2 Å². The first kappa shape index (κ1) is 13.7. The monoisotopic (exact) mass is 258 g/mol. The number of aromatic amines is 1. The van der Waals surface area contributed by atoms with Gasteiger partial charge in [0.25, 0.3) is 0 Å². The first-order valence-corrected chi connectivity index (χ1v) is 7.13. The summed E-state index contributed by atoms with van der Waals surface area (Å²) >= 11 is 0. The first-order valence-electron chi connectivity index (χ1n) is 7.13. The second kappa shape index (κ2) is 6.98. The molecule has 2 rings (SSSR count). The molecule has 0 atom stereocenters. The molecule has 0 spiro atoms. The highest BCUT2D eigenvalue weighted by atomic mass is 16.5. The summed E-state index contributed by atoms with van der Waals surface area (Å²) in [6.07, 6.45) is 9.00. The molecular weight excluding hydrogens is 236 g/mol. The largest absolute Gasteiger partial charge is 0.624 e. The van der Waals surface area contributed by atoms with Crippen molar-refractivity contribution < 1.29 is 4.74 Å². The fraction of sp³-hybridized carbons (Fsp3) is 0.438. The van der Waals surface area contributed by atoms with Crippen molar-refractivity contribution >= 4 is 17.1 Å². The molecule has 0 aliphatic heterocycles. The highest BCUT2D eigenvalue weighted by molar-refractivity contribution is 5.85. The van der Waals surface area contributed by atoms with E-state index in [1.807, 2.05) is 18.3 Å². The second-order valence-corrected chi connectivity index (χ2v) is 4.95. The van der Waals surface area contributed by atoms with Crippen molar-refractivity contribution in [3.8, 4) is 0 Å². The zero-order chi connectivity index (χ0) is 13.5. The van der Waals surface area contributed by atoms with E-state index in [9.17, 15) is 5.21 Å². The molecule has 102 valence electrons. The molecule has 3 nitrogen and oxygen atoms in total. The van der Waals surface area contributed by atoms with E-state index in [-0.39, 0.29) is 0 Å². The fourth-order valence-corrected chi connectivity index (χ4v) is 2.29. The van der Waals surface area contributed by atoms with E-state index in [0.717, 1.165) is 23.1 Å². The SMILES string of the molecule is CCCCCC/[N+]([O-])=C/Cc1c[nH]c2ccccc12. The van der Waals surface area contributed by atoms with E-state index >= 15 is 0 Å². The van der Waals surface area contributed by atoms with Gasteiger partial charge in [-0.2, -0.15) is 0 Å². The predicted octanol–water partition coefficient (Wildman–Crippen LogP) is 3.87. The summed E-state index contributed by atoms with van der Waals surface area (Å²) in [6.45, 7) is 2.79. The molecule has 0 aliphatic rings. The molecule has 0 saturated carbocycles. The summed E-state index contributed by atoms with van der Waals surface area (Å²) in [4.78, 5) is 3.23. The third kappa shape index (κ3) is 3.85. The summed E-state index contributed by atoms with van der Waals surface area (Å²) in [6, 6.07) is 8.18. The van der Waals surface area contributed by atoms with Crippen molar-refractivity contribution in [2.45, 2.75) is 39.0 Å². The quantitative estimate of drug-likeness (QED) is 0.264. The molecule has 0 fully saturated rings. The van der Waals surface area contributed by atoms with E-state index in [1.54, 1.807) is 6.21 Å². The van der Waals surface area contributed by atoms with E-state index in [4.69, 9.17) is 0 Å². The normalized spacial score (nSPS) is 12.2. The molecule has 0 saturated heterocycles. The van der Waals surface area contributed by atoms with Crippen LogP contribution in [0.15, 0.2) is 30.5 Å². The van der Waals surface area contributed by atoms with Gasteiger partial charge in [-0.25, -0.2) is 4.74 Å². The van der Waals surface area contributed by atoms with Crippen LogP contribution in [0.25, 0.3) is 10.9 Å². The zero-order valence-electron chi connectivity index (χ0n) is 11.6. The minimum absolute atomic E-state index is 0.613. The van der Waals surface area contributed by atoms with Gasteiger partial charge in [-0.15, -0.1) is 0 Å². The Balaban J connectivity index is 1.90. The average Bonchev–Trinajstić information content (AvgIpc) is 2.85. The van der Waals surface area contributed by atoms with Crippen molar-refractivity contribution in [1.29, 1.82) is 0 Å². The molecule has 2 aromatic rings. The number of fused-ring (bicyclic) bond motifs is 1. The number of benzene rings is 1. The van der Waals surface area contributed by atoms with Crippen molar-refractivity contribution in [2.24, 2.45) is 0 Å². The Bertz CT molecular complexity index is 542. The van der Waals surface area contributed by atoms with E-state index in [2.05, 4.69) is 24.0 Å². The Morgan fingerprint density at radius 1 is 1.21 bits per heavy atom. The van der Waals surface area contributed by atoms with Crippen molar-refractivity contribution in [3.63, 3.8) is 0 Å². The average molecular weight is 258 g/mol. The summed E-state index contributed by atoms with van der Waals surface area (Å²) in [5.41, 5.74) is 2.32. The number of H-pyrrole nitrogens is 1. The lowest BCUT2D eigenvalue weighted by atomic mass is 10.1. The molecule has 1 N–H and O–H groups in total. The first-order chi connectivity index (χ1) is 9.31. The van der Waals surface area contributed by atoms with Crippen LogP contribution in [0.5, 0.6) is 0 Å². The van der Waals surface area contributed by atoms with Crippen molar-refractivity contribution in [3.05, 3.63) is 41.2 Å². The number of hydrogen-bond acceptors (Lipinski definition) is 1. The number of hydrogen-bond donors (Lipinski definition) is 1. The van der Waals surface area contributed by atoms with Gasteiger partial charge in [0.05, 0.1) is 6.42 Å². The molecular formula is C16H22N2O. The lowest BCUT2D eigenvalue weighted by molar-refractivity contribution is -0.454. The number of para-hydroxylation sites is 1. The predicted molar refractivity (Wildman–Crippen MR) is 80.7 cm³/mol. The highest BCUT2D eigenvalue weighted by Crippen LogP contribution is 2.17. The van der Waals surface area contributed by atoms with Gasteiger partial charge in [0.15, 0.2) is 12.8 Å². The number of unbranched alkanes of at least 4 members (excludes halogenated alkanes) is 3. The second-order valence-electron chi connectivity index (χ2n) is 4.95. The molecule has 0 unspecified atom stereocenters. The molecule has 1 aromatic carbocycles. The number of hydroxylamine groups is 1. The van der Waals surface area contributed by atoms with E-state index < -0.39 is 0 Å². The lowest BCUT2D eigenvalue weighted by Gasteiger charge is -2.03. The fourth-order valence-electron chi connectivity index (χ4n) is 2.29. The van der Waals surface area contributed by atoms with E-state index in [0.29, 0.717) is 13.0 Å². The van der Waals surface area contributed by atoms with Gasteiger partial charge in [-0.05, 0) is 18.1 Å². The van der Waals surface area contributed by atoms with Crippen LogP contribution in [0.1, 0.15) is 38.2 Å². The van der Waals surface area contributed by atoms with Crippen LogP contribution in [0.4, 0.5) is 0 Å². The van der Waals surface area contributed by atoms with Crippen LogP contribution in [0.3, 0.4) is 0 Å². The summed E-state index contributed by atoms with van der Waals surface area (Å²) in [5.74, 6) is 0. The maximum absolute atomic E-state index is 11.7. The van der Waals surface area contributed by atoms with Crippen LogP contribution in [-0.4, -0.2) is 22.5 Å². The Labute approximate surface area is 114 Å². The molecule has 0 aliphatic carbocycles. The molecule has 0 amide bonds. The smallest absolute Gasteiger partial charge is 0.155 e. The van der Waals surface area contributed by atoms with Gasteiger partial charge in [-0.3, -0.25) is 0 Å². The molecule has 1 aromatic heterocycles. The molecule has 19 heavy (non-hydrogen) atoms. The van der Waals surface area contributed by atoms with Crippen molar-refractivity contribution in [1.82, 2.24) is 4.98 Å². The van der Waals surface area contributed by atoms with Gasteiger partial charge >= 0.3 is 0 Å². The van der Waals surface area contributed by atoms with Crippen molar-refractivity contribution in [2.75, 3.05) is 6.54 Å². The third-order valence-electron chi connectivity index (χ3n) is 3.42. The molecule has 3 heteroatoms. The lowest BCUT2D eigenvalue weighted by Crippen LogP contribution is -2.08. The Hall–Kier alpha value is -1.77. The highest BCUT2D eigenvalue weighted by Gasteiger charge is 2.03. The standard InChI is InChI=1S/C16H22N2O/c1-2-3-4-7-11-18(19)12-10-14-13-17-16-9-6-5-8-15(14)16/h5-6,8-9,12-13,17H,2-4,7,10-11H2,1H3/b18-12-. The van der Waals surface area contributed by atoms with Crippen LogP contribution in [-0.2, 0) is 6.42 Å². The molecule has 0 radical (unpaired) electrons. The zero-order valence-corrected chi connectivity index (χ0v) is 11.6. The summed E-state index contributed by atoms with van der Waals surface area (Å²) < 4.78 is 1.08. The molecule has 1 heterocycles. The minimum atomic E-state index is 0.613. The van der Waals surface area contributed by atoms with Crippen LogP contribution >= 0.6 is 0 Å². The topological polar surface area (TPSA) is 41.9 Å². The Morgan fingerprint density at radius 3 is 2.89 bits per heavy atom. The van der Waals surface area contributed by atoms with Crippen LogP contribution < -0.4 is 0 Å². The minimum Gasteiger partial charge on any atom is -0.624 e. The number of aromatic nitrogens is 1. The van der Waals surface area contributed by atoms with Gasteiger partial charge in [0.1, 0.15) is 0 Å². The third-order valence-corrected chi connectivity index (χ3v) is 3.42. The van der Waals surface area contributed by atoms with Crippen LogP contribution in [0, 0.1) is 5.21 Å². The number of nitrogens with one attached hydrogen (secondary N) is 1. The number of nitrogens with zero attached hydrogens (tertiary/aromatic N) is 1. The maximum atomic E-state index is 11.7. The number of rotatable bonds is 7. The summed E-state index contributed by atoms with van der Waals surface area (Å²) in [7, 11) is 0.